The Labute approximate surface area is 155 Å². The third-order valence-corrected chi connectivity index (χ3v) is 3.68. The molecule has 0 aliphatic rings. The van der Waals surface area contributed by atoms with Crippen LogP contribution in [0, 0.1) is 11.6 Å². The average molecular weight is 404 g/mol. The average Bonchev–Trinajstić information content (AvgIpc) is 2.65. The Hall–Kier alpha value is -3.04. The van der Waals surface area contributed by atoms with Crippen molar-refractivity contribution in [3.63, 3.8) is 0 Å². The van der Waals surface area contributed by atoms with E-state index in [0.29, 0.717) is 0 Å². The smallest absolute Gasteiger partial charge is 0.309 e. The molecule has 2 N–H and O–H groups in total. The molecule has 0 aliphatic carbocycles. The molecule has 0 saturated heterocycles. The maximum atomic E-state index is 13.9. The van der Waals surface area contributed by atoms with Crippen LogP contribution in [0.4, 0.5) is 26.3 Å². The lowest BCUT2D eigenvalue weighted by Gasteiger charge is -2.19. The molecule has 10 heteroatoms. The number of carbonyl (C=O) groups excluding carboxylic acids is 2. The summed E-state index contributed by atoms with van der Waals surface area (Å²) in [7, 11) is 0. The Kier molecular flexibility index (Phi) is 6.32. The third kappa shape index (κ3) is 5.48. The molecule has 2 amide bonds. The number of amides is 2. The van der Waals surface area contributed by atoms with E-state index in [-0.39, 0.29) is 0 Å². The van der Waals surface area contributed by atoms with Gasteiger partial charge in [-0.2, -0.15) is 17.6 Å². The van der Waals surface area contributed by atoms with Crippen LogP contribution in [0.25, 0.3) is 0 Å². The van der Waals surface area contributed by atoms with Crippen molar-refractivity contribution in [1.29, 1.82) is 0 Å². The van der Waals surface area contributed by atoms with E-state index in [9.17, 15) is 35.9 Å². The molecule has 150 valence electrons. The highest BCUT2D eigenvalue weighted by Gasteiger charge is 2.35. The summed E-state index contributed by atoms with van der Waals surface area (Å²) in [5.74, 6) is -11.8. The Morgan fingerprint density at radius 2 is 0.929 bits per heavy atom. The van der Waals surface area contributed by atoms with Crippen LogP contribution in [0.1, 0.15) is 11.1 Å². The first-order valence-corrected chi connectivity index (χ1v) is 7.85. The van der Waals surface area contributed by atoms with E-state index >= 15 is 0 Å². The fourth-order valence-electron chi connectivity index (χ4n) is 2.13. The summed E-state index contributed by atoms with van der Waals surface area (Å²) in [6, 6.07) is 6.44. The largest absolute Gasteiger partial charge is 0.341 e. The quantitative estimate of drug-likeness (QED) is 0.574. The number of halogens is 6. The van der Waals surface area contributed by atoms with Gasteiger partial charge >= 0.3 is 11.8 Å². The molecule has 2 aromatic rings. The van der Waals surface area contributed by atoms with E-state index in [2.05, 4.69) is 0 Å². The normalized spacial score (nSPS) is 11.8. The Morgan fingerprint density at radius 1 is 0.643 bits per heavy atom. The molecule has 0 bridgehead atoms. The van der Waals surface area contributed by atoms with Crippen molar-refractivity contribution in [1.82, 2.24) is 10.6 Å². The molecule has 28 heavy (non-hydrogen) atoms. The molecule has 0 fully saturated rings. The zero-order valence-electron chi connectivity index (χ0n) is 14.1. The first kappa shape index (κ1) is 21.3. The van der Waals surface area contributed by atoms with Gasteiger partial charge in [-0.05, 0) is 24.3 Å². The Morgan fingerprint density at radius 3 is 1.21 bits per heavy atom. The zero-order chi connectivity index (χ0) is 20.9. The highest BCUT2D eigenvalue weighted by Crippen LogP contribution is 2.28. The lowest BCUT2D eigenvalue weighted by atomic mass is 10.1. The number of hydrogen-bond donors (Lipinski definition) is 2. The first-order valence-electron chi connectivity index (χ1n) is 7.85. The van der Waals surface area contributed by atoms with Gasteiger partial charge in [-0.25, -0.2) is 8.78 Å². The maximum absolute atomic E-state index is 13.9. The molecule has 0 aromatic heterocycles. The minimum absolute atomic E-state index is 0.600. The summed E-state index contributed by atoms with van der Waals surface area (Å²) in [4.78, 5) is 23.1. The van der Waals surface area contributed by atoms with Gasteiger partial charge in [0, 0.05) is 11.1 Å². The number of alkyl halides is 4. The molecule has 0 spiro atoms. The van der Waals surface area contributed by atoms with Crippen molar-refractivity contribution in [3.8, 4) is 0 Å². The van der Waals surface area contributed by atoms with Crippen LogP contribution in [0.3, 0.4) is 0 Å². The maximum Gasteiger partial charge on any atom is 0.309 e. The molecular weight excluding hydrogens is 390 g/mol. The molecule has 0 saturated carbocycles. The highest BCUT2D eigenvalue weighted by molar-refractivity contribution is 6.35. The van der Waals surface area contributed by atoms with Gasteiger partial charge in [-0.1, -0.05) is 24.3 Å². The number of carbonyl (C=O) groups is 2. The summed E-state index contributed by atoms with van der Waals surface area (Å²) in [6.07, 6.45) is 0. The van der Waals surface area contributed by atoms with Crippen LogP contribution in [0.5, 0.6) is 0 Å². The second kappa shape index (κ2) is 8.32. The van der Waals surface area contributed by atoms with Gasteiger partial charge in [0.15, 0.2) is 0 Å². The molecule has 0 atom stereocenters. The molecule has 0 unspecified atom stereocenters. The van der Waals surface area contributed by atoms with E-state index in [1.54, 1.807) is 10.6 Å². The number of benzene rings is 2. The van der Waals surface area contributed by atoms with Crippen molar-refractivity contribution in [2.24, 2.45) is 0 Å². The Bertz CT molecular complexity index is 767. The van der Waals surface area contributed by atoms with Crippen LogP contribution >= 0.6 is 0 Å². The van der Waals surface area contributed by atoms with Crippen LogP contribution in [0.15, 0.2) is 48.5 Å². The summed E-state index contributed by atoms with van der Waals surface area (Å²) in [6.45, 7) is -2.58. The molecule has 4 nitrogen and oxygen atoms in total. The molecule has 0 heterocycles. The minimum Gasteiger partial charge on any atom is -0.341 e. The van der Waals surface area contributed by atoms with Crippen LogP contribution < -0.4 is 10.6 Å². The van der Waals surface area contributed by atoms with Crippen molar-refractivity contribution >= 4 is 11.8 Å². The lowest BCUT2D eigenvalue weighted by Crippen LogP contribution is -2.46. The molecule has 2 aromatic carbocycles. The number of hydrogen-bond acceptors (Lipinski definition) is 2. The van der Waals surface area contributed by atoms with Gasteiger partial charge in [0.2, 0.25) is 0 Å². The Balaban J connectivity index is 1.89. The second-order valence-corrected chi connectivity index (χ2v) is 5.79. The summed E-state index contributed by atoms with van der Waals surface area (Å²) >= 11 is 0. The van der Waals surface area contributed by atoms with Crippen molar-refractivity contribution in [3.05, 3.63) is 71.3 Å². The highest BCUT2D eigenvalue weighted by atomic mass is 19.3. The molecule has 0 aliphatic heterocycles. The van der Waals surface area contributed by atoms with Gasteiger partial charge < -0.3 is 10.6 Å². The minimum atomic E-state index is -3.61. The van der Waals surface area contributed by atoms with Crippen molar-refractivity contribution < 1.29 is 35.9 Å². The van der Waals surface area contributed by atoms with Crippen molar-refractivity contribution in [2.75, 3.05) is 13.1 Å². The van der Waals surface area contributed by atoms with E-state index in [1.165, 1.54) is 0 Å². The topological polar surface area (TPSA) is 58.2 Å². The SMILES string of the molecule is O=C(NCC(F)(F)c1ccc(F)cc1)C(=O)NCC(F)(F)c1ccc(F)cc1. The number of nitrogens with one attached hydrogen (secondary N) is 2. The third-order valence-electron chi connectivity index (χ3n) is 3.68. The predicted octanol–water partition coefficient (Wildman–Crippen LogP) is 3.08. The van der Waals surface area contributed by atoms with Gasteiger partial charge in [0.25, 0.3) is 11.8 Å². The lowest BCUT2D eigenvalue weighted by molar-refractivity contribution is -0.141. The summed E-state index contributed by atoms with van der Waals surface area (Å²) in [5.41, 5.74) is -1.20. The van der Waals surface area contributed by atoms with E-state index in [0.717, 1.165) is 48.5 Å². The van der Waals surface area contributed by atoms with E-state index < -0.39 is 59.5 Å². The van der Waals surface area contributed by atoms with Gasteiger partial charge in [-0.3, -0.25) is 9.59 Å². The van der Waals surface area contributed by atoms with Crippen LogP contribution in [-0.4, -0.2) is 24.9 Å². The summed E-state index contributed by atoms with van der Waals surface area (Å²) in [5, 5.41) is 3.26. The second-order valence-electron chi connectivity index (χ2n) is 5.79. The molecule has 2 rings (SSSR count). The van der Waals surface area contributed by atoms with Gasteiger partial charge in [0.1, 0.15) is 11.6 Å². The first-order chi connectivity index (χ1) is 13.0. The standard InChI is InChI=1S/C18H14F6N2O2/c19-13-5-1-11(2-6-13)17(21,22)9-25-15(27)16(28)26-10-18(23,24)12-3-7-14(20)8-4-12/h1-8H,9-10H2,(H,25,27)(H,26,28). The molecule has 0 radical (unpaired) electrons. The van der Waals surface area contributed by atoms with Gasteiger partial charge in [0.05, 0.1) is 13.1 Å². The van der Waals surface area contributed by atoms with Crippen molar-refractivity contribution in [2.45, 2.75) is 11.8 Å². The van der Waals surface area contributed by atoms with Crippen LogP contribution in [-0.2, 0) is 21.4 Å². The molecular formula is C18H14F6N2O2. The summed E-state index contributed by atoms with van der Waals surface area (Å²) < 4.78 is 81.2. The van der Waals surface area contributed by atoms with Gasteiger partial charge in [-0.15, -0.1) is 0 Å². The zero-order valence-corrected chi connectivity index (χ0v) is 14.1. The van der Waals surface area contributed by atoms with E-state index in [1.807, 2.05) is 0 Å². The number of rotatable bonds is 6. The fourth-order valence-corrected chi connectivity index (χ4v) is 2.13. The monoisotopic (exact) mass is 404 g/mol. The predicted molar refractivity (Wildman–Crippen MR) is 86.6 cm³/mol. The van der Waals surface area contributed by atoms with E-state index in [4.69, 9.17) is 0 Å². The fraction of sp³-hybridized carbons (Fsp3) is 0.222. The van der Waals surface area contributed by atoms with Crippen LogP contribution in [0.2, 0.25) is 0 Å².